The highest BCUT2D eigenvalue weighted by Gasteiger charge is 2.16. The summed E-state index contributed by atoms with van der Waals surface area (Å²) in [4.78, 5) is 7.63. The van der Waals surface area contributed by atoms with Crippen molar-refractivity contribution in [2.24, 2.45) is 0 Å². The van der Waals surface area contributed by atoms with Gasteiger partial charge in [0.25, 0.3) is 0 Å². The van der Waals surface area contributed by atoms with Crippen molar-refractivity contribution in [3.8, 4) is 0 Å². The Hall–Kier alpha value is -0.610. The molecule has 15 heavy (non-hydrogen) atoms. The minimum atomic E-state index is -0.415. The van der Waals surface area contributed by atoms with Crippen LogP contribution in [0, 0.1) is 6.92 Å². The zero-order chi connectivity index (χ0) is 11.6. The SMILES string of the molecule is CCC(C)N(C)c1nc(C)c(C(C)O)s1. The molecule has 2 atom stereocenters. The Morgan fingerprint density at radius 1 is 1.47 bits per heavy atom. The fourth-order valence-electron chi connectivity index (χ4n) is 1.39. The molecular formula is C11H20N2OS. The average Bonchev–Trinajstić information content (AvgIpc) is 2.58. The Kier molecular flexibility index (Phi) is 4.11. The quantitative estimate of drug-likeness (QED) is 0.861. The number of aryl methyl sites for hydroxylation is 1. The highest BCUT2D eigenvalue weighted by atomic mass is 32.1. The lowest BCUT2D eigenvalue weighted by Crippen LogP contribution is -2.27. The molecule has 1 rings (SSSR count). The lowest BCUT2D eigenvalue weighted by Gasteiger charge is -2.22. The van der Waals surface area contributed by atoms with Gasteiger partial charge in [0.1, 0.15) is 0 Å². The molecule has 0 aromatic carbocycles. The first-order valence-corrected chi connectivity index (χ1v) is 6.17. The van der Waals surface area contributed by atoms with Crippen molar-refractivity contribution in [1.82, 2.24) is 4.98 Å². The molecular weight excluding hydrogens is 208 g/mol. The molecule has 0 saturated heterocycles. The summed E-state index contributed by atoms with van der Waals surface area (Å²) < 4.78 is 0. The maximum absolute atomic E-state index is 9.55. The molecule has 0 spiro atoms. The van der Waals surface area contributed by atoms with Gasteiger partial charge in [0.15, 0.2) is 5.13 Å². The fourth-order valence-corrected chi connectivity index (χ4v) is 2.46. The fraction of sp³-hybridized carbons (Fsp3) is 0.727. The molecule has 1 heterocycles. The summed E-state index contributed by atoms with van der Waals surface area (Å²) in [6.45, 7) is 8.08. The van der Waals surface area contributed by atoms with Crippen LogP contribution >= 0.6 is 11.3 Å². The van der Waals surface area contributed by atoms with Crippen LogP contribution in [0.3, 0.4) is 0 Å². The van der Waals surface area contributed by atoms with Crippen molar-refractivity contribution < 1.29 is 5.11 Å². The van der Waals surface area contributed by atoms with Crippen molar-refractivity contribution in [1.29, 1.82) is 0 Å². The molecule has 0 fully saturated rings. The summed E-state index contributed by atoms with van der Waals surface area (Å²) in [5.41, 5.74) is 0.945. The molecule has 2 unspecified atom stereocenters. The van der Waals surface area contributed by atoms with E-state index in [4.69, 9.17) is 0 Å². The van der Waals surface area contributed by atoms with Crippen LogP contribution in [0.4, 0.5) is 5.13 Å². The van der Waals surface area contributed by atoms with Gasteiger partial charge in [0, 0.05) is 13.1 Å². The van der Waals surface area contributed by atoms with Gasteiger partial charge in [-0.3, -0.25) is 0 Å². The van der Waals surface area contributed by atoms with E-state index in [1.165, 1.54) is 0 Å². The second kappa shape index (κ2) is 4.94. The van der Waals surface area contributed by atoms with E-state index in [0.717, 1.165) is 22.1 Å². The summed E-state index contributed by atoms with van der Waals surface area (Å²) in [5, 5.41) is 10.5. The first kappa shape index (κ1) is 12.5. The second-order valence-corrected chi connectivity index (χ2v) is 5.00. The highest BCUT2D eigenvalue weighted by molar-refractivity contribution is 7.15. The molecule has 0 bridgehead atoms. The molecule has 0 saturated carbocycles. The van der Waals surface area contributed by atoms with Crippen LogP contribution in [0.5, 0.6) is 0 Å². The van der Waals surface area contributed by atoms with Crippen molar-refractivity contribution >= 4 is 16.5 Å². The molecule has 3 nitrogen and oxygen atoms in total. The molecule has 1 aromatic rings. The number of hydrogen-bond donors (Lipinski definition) is 1. The van der Waals surface area contributed by atoms with Crippen LogP contribution in [-0.2, 0) is 0 Å². The summed E-state index contributed by atoms with van der Waals surface area (Å²) in [7, 11) is 2.05. The lowest BCUT2D eigenvalue weighted by atomic mass is 10.2. The van der Waals surface area contributed by atoms with Gasteiger partial charge < -0.3 is 10.0 Å². The largest absolute Gasteiger partial charge is 0.388 e. The predicted molar refractivity (Wildman–Crippen MR) is 65.6 cm³/mol. The molecule has 0 radical (unpaired) electrons. The lowest BCUT2D eigenvalue weighted by molar-refractivity contribution is 0.202. The van der Waals surface area contributed by atoms with Crippen molar-refractivity contribution in [2.75, 3.05) is 11.9 Å². The van der Waals surface area contributed by atoms with E-state index >= 15 is 0 Å². The molecule has 1 aromatic heterocycles. The van der Waals surface area contributed by atoms with Gasteiger partial charge in [0.2, 0.25) is 0 Å². The highest BCUT2D eigenvalue weighted by Crippen LogP contribution is 2.31. The average molecular weight is 228 g/mol. The summed E-state index contributed by atoms with van der Waals surface area (Å²) in [5.74, 6) is 0. The summed E-state index contributed by atoms with van der Waals surface area (Å²) in [6.07, 6.45) is 0.681. The Morgan fingerprint density at radius 3 is 2.47 bits per heavy atom. The maximum Gasteiger partial charge on any atom is 0.185 e. The smallest absolute Gasteiger partial charge is 0.185 e. The van der Waals surface area contributed by atoms with Crippen LogP contribution in [0.1, 0.15) is 43.9 Å². The van der Waals surface area contributed by atoms with Crippen molar-refractivity contribution in [3.05, 3.63) is 10.6 Å². The number of rotatable bonds is 4. The standard InChI is InChI=1S/C11H20N2OS/c1-6-7(2)13(5)11-12-8(3)10(15-11)9(4)14/h7,9,14H,6H2,1-5H3. The van der Waals surface area contributed by atoms with E-state index in [9.17, 15) is 5.11 Å². The van der Waals surface area contributed by atoms with Gasteiger partial charge in [-0.2, -0.15) is 0 Å². The van der Waals surface area contributed by atoms with Crippen LogP contribution in [0.15, 0.2) is 0 Å². The Labute approximate surface area is 95.8 Å². The molecule has 0 aliphatic rings. The second-order valence-electron chi connectivity index (χ2n) is 3.99. The number of aliphatic hydroxyl groups is 1. The minimum absolute atomic E-state index is 0.415. The van der Waals surface area contributed by atoms with Gasteiger partial charge in [-0.05, 0) is 27.2 Å². The minimum Gasteiger partial charge on any atom is -0.388 e. The summed E-state index contributed by atoms with van der Waals surface area (Å²) >= 11 is 1.58. The Morgan fingerprint density at radius 2 is 2.07 bits per heavy atom. The first-order valence-electron chi connectivity index (χ1n) is 5.35. The number of thiazole rings is 1. The third kappa shape index (κ3) is 2.69. The monoisotopic (exact) mass is 228 g/mol. The summed E-state index contributed by atoms with van der Waals surface area (Å²) in [6, 6.07) is 0.484. The Balaban J connectivity index is 2.92. The van der Waals surface area contributed by atoms with E-state index in [-0.39, 0.29) is 0 Å². The molecule has 4 heteroatoms. The first-order chi connectivity index (χ1) is 6.97. The van der Waals surface area contributed by atoms with Crippen LogP contribution in [-0.4, -0.2) is 23.2 Å². The van der Waals surface area contributed by atoms with E-state index in [2.05, 4.69) is 30.8 Å². The molecule has 1 N–H and O–H groups in total. The number of hydrogen-bond acceptors (Lipinski definition) is 4. The zero-order valence-electron chi connectivity index (χ0n) is 10.1. The molecule has 0 aliphatic carbocycles. The zero-order valence-corrected chi connectivity index (χ0v) is 10.9. The van der Waals surface area contributed by atoms with Crippen molar-refractivity contribution in [2.45, 2.75) is 46.3 Å². The Bertz CT molecular complexity index is 322. The molecule has 0 aliphatic heterocycles. The number of aliphatic hydroxyl groups excluding tert-OH is 1. The predicted octanol–water partition coefficient (Wildman–Crippen LogP) is 2.74. The van der Waals surface area contributed by atoms with Gasteiger partial charge in [0.05, 0.1) is 16.7 Å². The number of aromatic nitrogens is 1. The third-order valence-corrected chi connectivity index (χ3v) is 4.17. The number of anilines is 1. The van der Waals surface area contributed by atoms with Gasteiger partial charge in [-0.15, -0.1) is 0 Å². The maximum atomic E-state index is 9.55. The topological polar surface area (TPSA) is 36.4 Å². The van der Waals surface area contributed by atoms with Crippen molar-refractivity contribution in [3.63, 3.8) is 0 Å². The molecule has 86 valence electrons. The van der Waals surface area contributed by atoms with E-state index in [1.807, 2.05) is 6.92 Å². The van der Waals surface area contributed by atoms with Gasteiger partial charge in [-0.1, -0.05) is 18.3 Å². The third-order valence-electron chi connectivity index (χ3n) is 2.75. The van der Waals surface area contributed by atoms with Crippen LogP contribution in [0.2, 0.25) is 0 Å². The molecule has 0 amide bonds. The van der Waals surface area contributed by atoms with E-state index in [1.54, 1.807) is 18.3 Å². The van der Waals surface area contributed by atoms with Gasteiger partial charge in [-0.25, -0.2) is 4.98 Å². The van der Waals surface area contributed by atoms with Crippen LogP contribution < -0.4 is 4.90 Å². The number of nitrogens with zero attached hydrogens (tertiary/aromatic N) is 2. The van der Waals surface area contributed by atoms with E-state index < -0.39 is 6.10 Å². The van der Waals surface area contributed by atoms with Gasteiger partial charge >= 0.3 is 0 Å². The normalized spacial score (nSPS) is 15.1. The van der Waals surface area contributed by atoms with E-state index in [0.29, 0.717) is 6.04 Å². The van der Waals surface area contributed by atoms with Crippen LogP contribution in [0.25, 0.3) is 0 Å².